The summed E-state index contributed by atoms with van der Waals surface area (Å²) in [4.78, 5) is 12.0. The molecule has 0 saturated heterocycles. The molecule has 1 saturated carbocycles. The van der Waals surface area contributed by atoms with E-state index in [0.717, 1.165) is 25.0 Å². The summed E-state index contributed by atoms with van der Waals surface area (Å²) in [7, 11) is 0. The Morgan fingerprint density at radius 1 is 1.47 bits per heavy atom. The van der Waals surface area contributed by atoms with Gasteiger partial charge in [-0.15, -0.1) is 0 Å². The minimum atomic E-state index is -0.861. The number of halogens is 2. The van der Waals surface area contributed by atoms with Crippen LogP contribution in [0.5, 0.6) is 0 Å². The van der Waals surface area contributed by atoms with Gasteiger partial charge >= 0.3 is 0 Å². The van der Waals surface area contributed by atoms with E-state index in [4.69, 9.17) is 5.73 Å². The first kappa shape index (κ1) is 13.8. The Bertz CT molecular complexity index is 487. The molecule has 2 rings (SSSR count). The molecule has 19 heavy (non-hydrogen) atoms. The third kappa shape index (κ3) is 3.43. The van der Waals surface area contributed by atoms with Crippen LogP contribution in [0, 0.1) is 17.6 Å². The van der Waals surface area contributed by atoms with Gasteiger partial charge in [-0.3, -0.25) is 4.79 Å². The average molecular weight is 268 g/mol. The van der Waals surface area contributed by atoms with Gasteiger partial charge in [-0.05, 0) is 30.9 Å². The van der Waals surface area contributed by atoms with Crippen LogP contribution in [0.3, 0.4) is 0 Å². The molecule has 1 unspecified atom stereocenters. The fraction of sp³-hybridized carbons (Fsp3) is 0.500. The lowest BCUT2D eigenvalue weighted by atomic mass is 10.1. The molecule has 104 valence electrons. The lowest BCUT2D eigenvalue weighted by molar-refractivity contribution is 0.0928. The average Bonchev–Trinajstić information content (AvgIpc) is 3.16. The lowest BCUT2D eigenvalue weighted by Gasteiger charge is -2.17. The first-order chi connectivity index (χ1) is 9.01. The number of anilines is 1. The molecule has 1 aromatic rings. The second-order valence-electron chi connectivity index (χ2n) is 5.11. The highest BCUT2D eigenvalue weighted by Crippen LogP contribution is 2.34. The number of amides is 1. The first-order valence-electron chi connectivity index (χ1n) is 6.56. The first-order valence-corrected chi connectivity index (χ1v) is 6.56. The van der Waals surface area contributed by atoms with Gasteiger partial charge in [-0.25, -0.2) is 8.78 Å². The molecule has 1 aliphatic rings. The number of hydrogen-bond donors (Lipinski definition) is 2. The minimum Gasteiger partial charge on any atom is -0.396 e. The highest BCUT2D eigenvalue weighted by molar-refractivity contribution is 5.95. The molecule has 3 nitrogen and oxygen atoms in total. The highest BCUT2D eigenvalue weighted by atomic mass is 19.1. The van der Waals surface area contributed by atoms with Crippen LogP contribution in [0.4, 0.5) is 14.5 Å². The quantitative estimate of drug-likeness (QED) is 0.807. The van der Waals surface area contributed by atoms with Gasteiger partial charge in [0.25, 0.3) is 5.91 Å². The molecule has 1 atom stereocenters. The van der Waals surface area contributed by atoms with Crippen molar-refractivity contribution in [2.75, 3.05) is 5.73 Å². The van der Waals surface area contributed by atoms with E-state index >= 15 is 0 Å². The summed E-state index contributed by atoms with van der Waals surface area (Å²) in [6.45, 7) is 1.96. The molecule has 0 aromatic heterocycles. The smallest absolute Gasteiger partial charge is 0.254 e. The minimum absolute atomic E-state index is 0.00360. The number of carbonyl (C=O) groups is 1. The van der Waals surface area contributed by atoms with E-state index < -0.39 is 17.5 Å². The summed E-state index contributed by atoms with van der Waals surface area (Å²) < 4.78 is 26.9. The largest absolute Gasteiger partial charge is 0.396 e. The van der Waals surface area contributed by atoms with E-state index in [1.807, 2.05) is 6.92 Å². The molecule has 1 fully saturated rings. The fourth-order valence-electron chi connectivity index (χ4n) is 2.12. The van der Waals surface area contributed by atoms with Crippen molar-refractivity contribution in [1.82, 2.24) is 5.32 Å². The molecule has 0 aliphatic heterocycles. The van der Waals surface area contributed by atoms with Crippen molar-refractivity contribution in [3.8, 4) is 0 Å². The molecule has 0 spiro atoms. The Morgan fingerprint density at radius 3 is 2.74 bits per heavy atom. The maximum atomic E-state index is 13.7. The number of carbonyl (C=O) groups excluding carboxylic acids is 1. The summed E-state index contributed by atoms with van der Waals surface area (Å²) >= 11 is 0. The van der Waals surface area contributed by atoms with Gasteiger partial charge in [0.05, 0.1) is 11.3 Å². The normalized spacial score (nSPS) is 16.2. The monoisotopic (exact) mass is 268 g/mol. The summed E-state index contributed by atoms with van der Waals surface area (Å²) in [5.41, 5.74) is 4.64. The number of nitrogens with one attached hydrogen (secondary N) is 1. The molecule has 1 aliphatic carbocycles. The van der Waals surface area contributed by atoms with Crippen LogP contribution in [0.2, 0.25) is 0 Å². The number of rotatable bonds is 5. The second kappa shape index (κ2) is 5.55. The van der Waals surface area contributed by atoms with Crippen LogP contribution in [-0.2, 0) is 0 Å². The van der Waals surface area contributed by atoms with E-state index in [1.54, 1.807) is 0 Å². The van der Waals surface area contributed by atoms with Crippen LogP contribution in [0.25, 0.3) is 0 Å². The zero-order valence-electron chi connectivity index (χ0n) is 10.9. The maximum Gasteiger partial charge on any atom is 0.254 e. The van der Waals surface area contributed by atoms with Crippen LogP contribution in [0.15, 0.2) is 12.1 Å². The molecular formula is C14H18F2N2O. The third-order valence-electron chi connectivity index (χ3n) is 3.45. The molecular weight excluding hydrogens is 250 g/mol. The van der Waals surface area contributed by atoms with Crippen molar-refractivity contribution in [2.24, 2.45) is 5.92 Å². The van der Waals surface area contributed by atoms with Gasteiger partial charge in [-0.1, -0.05) is 19.8 Å². The molecule has 1 aromatic carbocycles. The Hall–Kier alpha value is -1.65. The standard InChI is InChI=1S/C14H18F2N2O/c1-2-10(5-8-3-4-8)18-14(19)11-6-9(15)7-12(17)13(11)16/h6-8,10H,2-5,17H2,1H3,(H,18,19). The zero-order chi connectivity index (χ0) is 14.0. The van der Waals surface area contributed by atoms with E-state index in [-0.39, 0.29) is 17.3 Å². The van der Waals surface area contributed by atoms with Crippen LogP contribution in [-0.4, -0.2) is 11.9 Å². The van der Waals surface area contributed by atoms with Gasteiger partial charge in [-0.2, -0.15) is 0 Å². The van der Waals surface area contributed by atoms with Gasteiger partial charge in [0, 0.05) is 6.04 Å². The second-order valence-corrected chi connectivity index (χ2v) is 5.11. The molecule has 0 heterocycles. The van der Waals surface area contributed by atoms with Gasteiger partial charge < -0.3 is 11.1 Å². The number of benzene rings is 1. The topological polar surface area (TPSA) is 55.1 Å². The van der Waals surface area contributed by atoms with Crippen molar-refractivity contribution in [1.29, 1.82) is 0 Å². The summed E-state index contributed by atoms with van der Waals surface area (Å²) in [6, 6.07) is 1.75. The molecule has 5 heteroatoms. The van der Waals surface area contributed by atoms with Crippen LogP contribution in [0.1, 0.15) is 43.0 Å². The van der Waals surface area contributed by atoms with Crippen molar-refractivity contribution in [3.05, 3.63) is 29.3 Å². The molecule has 3 N–H and O–H groups in total. The van der Waals surface area contributed by atoms with Gasteiger partial charge in [0.15, 0.2) is 5.82 Å². The van der Waals surface area contributed by atoms with E-state index in [2.05, 4.69) is 5.32 Å². The Kier molecular flexibility index (Phi) is 4.02. The third-order valence-corrected chi connectivity index (χ3v) is 3.45. The number of hydrogen-bond acceptors (Lipinski definition) is 2. The SMILES string of the molecule is CCC(CC1CC1)NC(=O)c1cc(F)cc(N)c1F. The van der Waals surface area contributed by atoms with Gasteiger partial charge in [0.2, 0.25) is 0 Å². The van der Waals surface area contributed by atoms with Crippen LogP contribution < -0.4 is 11.1 Å². The molecule has 0 bridgehead atoms. The predicted molar refractivity (Wildman–Crippen MR) is 69.7 cm³/mol. The van der Waals surface area contributed by atoms with Crippen molar-refractivity contribution in [3.63, 3.8) is 0 Å². The maximum absolute atomic E-state index is 13.7. The lowest BCUT2D eigenvalue weighted by Crippen LogP contribution is -2.35. The van der Waals surface area contributed by atoms with E-state index in [9.17, 15) is 13.6 Å². The number of nitrogens with two attached hydrogens (primary N) is 1. The highest BCUT2D eigenvalue weighted by Gasteiger charge is 2.26. The Labute approximate surface area is 111 Å². The van der Waals surface area contributed by atoms with Gasteiger partial charge in [0.1, 0.15) is 5.82 Å². The molecule has 0 radical (unpaired) electrons. The fourth-order valence-corrected chi connectivity index (χ4v) is 2.12. The number of nitrogen functional groups attached to an aromatic ring is 1. The Morgan fingerprint density at radius 2 is 2.16 bits per heavy atom. The predicted octanol–water partition coefficient (Wildman–Crippen LogP) is 2.86. The van der Waals surface area contributed by atoms with Crippen molar-refractivity contribution < 1.29 is 13.6 Å². The van der Waals surface area contributed by atoms with Crippen LogP contribution >= 0.6 is 0 Å². The summed E-state index contributed by atoms with van der Waals surface area (Å²) in [6.07, 6.45) is 4.05. The van der Waals surface area contributed by atoms with E-state index in [1.165, 1.54) is 12.8 Å². The zero-order valence-corrected chi connectivity index (χ0v) is 10.9. The van der Waals surface area contributed by atoms with E-state index in [0.29, 0.717) is 5.92 Å². The van der Waals surface area contributed by atoms with Crippen molar-refractivity contribution in [2.45, 2.75) is 38.6 Å². The van der Waals surface area contributed by atoms with Crippen molar-refractivity contribution >= 4 is 11.6 Å². The summed E-state index contributed by atoms with van der Waals surface area (Å²) in [5, 5.41) is 2.75. The summed E-state index contributed by atoms with van der Waals surface area (Å²) in [5.74, 6) is -1.51. The Balaban J connectivity index is 2.09. The molecule has 1 amide bonds.